The Morgan fingerprint density at radius 1 is 0.854 bits per heavy atom. The molecule has 4 aromatic rings. The van der Waals surface area contributed by atoms with Crippen LogP contribution in [0.3, 0.4) is 0 Å². The van der Waals surface area contributed by atoms with Gasteiger partial charge in [0.25, 0.3) is 0 Å². The maximum atomic E-state index is 7.22. The van der Waals surface area contributed by atoms with Gasteiger partial charge in [0.15, 0.2) is 0 Å². The number of ether oxygens (including phenoxy) is 1. The monoisotopic (exact) mass is 738 g/mol. The van der Waals surface area contributed by atoms with Gasteiger partial charge < -0.3 is 18.7 Å². The van der Waals surface area contributed by atoms with Crippen molar-refractivity contribution in [2.24, 2.45) is 0 Å². The Hall–Kier alpha value is -2.86. The van der Waals surface area contributed by atoms with Gasteiger partial charge in [-0.05, 0) is 31.4 Å². The van der Waals surface area contributed by atoms with Gasteiger partial charge in [-0.3, -0.25) is 0 Å². The van der Waals surface area contributed by atoms with Crippen LogP contribution >= 0.6 is 0 Å². The molecule has 3 heterocycles. The van der Waals surface area contributed by atoms with Crippen LogP contribution in [0.4, 0.5) is 5.69 Å². The van der Waals surface area contributed by atoms with Crippen molar-refractivity contribution in [1.82, 2.24) is 4.98 Å². The molecule has 2 aliphatic heterocycles. The Balaban J connectivity index is 0.00000337. The van der Waals surface area contributed by atoms with Crippen molar-refractivity contribution in [3.63, 3.8) is 0 Å². The van der Waals surface area contributed by atoms with Gasteiger partial charge in [-0.1, -0.05) is 94.5 Å². The third-order valence-electron chi connectivity index (χ3n) is 8.79. The first kappa shape index (κ1) is 29.6. The molecule has 1 radical (unpaired) electrons. The van der Waals surface area contributed by atoms with Crippen molar-refractivity contribution < 1.29 is 29.3 Å². The van der Waals surface area contributed by atoms with Gasteiger partial charge in [0.05, 0.1) is 5.69 Å². The molecule has 0 fully saturated rings. The predicted octanol–water partition coefficient (Wildman–Crippen LogP) is 6.66. The SMILES string of the molecule is Cc1cccc(C)c1B1c2ccccc2Oc2c[c-]c(-c3nccc4c3O[Si](C(C)(C)C)(C(C)(C)C)N4C)cc21.[Ir]. The largest absolute Gasteiger partial charge is 0.528 e. The van der Waals surface area contributed by atoms with Gasteiger partial charge in [-0.25, -0.2) is 0 Å². The van der Waals surface area contributed by atoms with Gasteiger partial charge in [-0.2, -0.15) is 0 Å². The first-order valence-corrected chi connectivity index (χ1v) is 16.0. The van der Waals surface area contributed by atoms with E-state index in [0.29, 0.717) is 0 Å². The summed E-state index contributed by atoms with van der Waals surface area (Å²) in [7, 11) is -0.305. The molecule has 0 saturated carbocycles. The summed E-state index contributed by atoms with van der Waals surface area (Å²) in [6.45, 7) is 18.3. The zero-order valence-electron chi connectivity index (χ0n) is 25.5. The summed E-state index contributed by atoms with van der Waals surface area (Å²) in [6, 6.07) is 24.8. The molecule has 41 heavy (non-hydrogen) atoms. The molecule has 0 aliphatic carbocycles. The summed E-state index contributed by atoms with van der Waals surface area (Å²) < 4.78 is 16.1. The van der Waals surface area contributed by atoms with Gasteiger partial charge >= 0.3 is 8.48 Å². The summed E-state index contributed by atoms with van der Waals surface area (Å²) in [4.78, 5) is 4.91. The Morgan fingerprint density at radius 3 is 2.17 bits per heavy atom. The van der Waals surface area contributed by atoms with Crippen molar-refractivity contribution in [3.05, 3.63) is 84.1 Å². The van der Waals surface area contributed by atoms with E-state index >= 15 is 0 Å². The van der Waals surface area contributed by atoms with Crippen LogP contribution in [0.25, 0.3) is 11.3 Å². The minimum atomic E-state index is -2.51. The zero-order valence-corrected chi connectivity index (χ0v) is 28.9. The molecule has 213 valence electrons. The number of hydrogen-bond acceptors (Lipinski definition) is 4. The van der Waals surface area contributed by atoms with Crippen molar-refractivity contribution in [2.75, 3.05) is 11.6 Å². The maximum absolute atomic E-state index is 7.22. The standard InChI is InChI=1S/C34H38BN2O2Si.Ir/c1-22-13-12-14-23(2)30(22)35-25-15-10-11-16-28(25)38-29-18-17-24(21-26(29)35)31-32-27(19-20-36-31)37(9)40(39-32,33(3,4)5)34(6,7)8;/h10-16,18-21H,1-9H3;/q-1;. The molecule has 0 bridgehead atoms. The molecule has 0 spiro atoms. The van der Waals surface area contributed by atoms with Crippen molar-refractivity contribution in [2.45, 2.75) is 65.5 Å². The molecule has 2 aliphatic rings. The third kappa shape index (κ3) is 4.40. The molecular formula is C34H38BIrN2O2Si-. The van der Waals surface area contributed by atoms with E-state index in [2.05, 4.69) is 122 Å². The molecule has 1 aromatic heterocycles. The summed E-state index contributed by atoms with van der Waals surface area (Å²) in [5.41, 5.74) is 9.06. The van der Waals surface area contributed by atoms with E-state index in [1.807, 2.05) is 18.3 Å². The van der Waals surface area contributed by atoms with Gasteiger partial charge in [0.1, 0.15) is 11.5 Å². The first-order chi connectivity index (χ1) is 18.8. The maximum Gasteiger partial charge on any atom is 0.370 e. The Bertz CT molecular complexity index is 1610. The second-order valence-electron chi connectivity index (χ2n) is 13.4. The number of pyridine rings is 1. The van der Waals surface area contributed by atoms with E-state index in [-0.39, 0.29) is 36.9 Å². The van der Waals surface area contributed by atoms with E-state index in [9.17, 15) is 0 Å². The Morgan fingerprint density at radius 2 is 1.51 bits per heavy atom. The second-order valence-corrected chi connectivity index (χ2v) is 18.5. The fraction of sp³-hybridized carbons (Fsp3) is 0.324. The van der Waals surface area contributed by atoms with Crippen molar-refractivity contribution in [3.8, 4) is 28.5 Å². The number of anilines is 1. The average molecular weight is 738 g/mol. The van der Waals surface area contributed by atoms with Crippen molar-refractivity contribution in [1.29, 1.82) is 0 Å². The molecule has 0 N–H and O–H groups in total. The molecule has 7 heteroatoms. The van der Waals surface area contributed by atoms with E-state index < -0.39 is 8.48 Å². The Kier molecular flexibility index (Phi) is 7.33. The minimum absolute atomic E-state index is 0. The predicted molar refractivity (Wildman–Crippen MR) is 170 cm³/mol. The number of fused-ring (bicyclic) bond motifs is 3. The number of aromatic nitrogens is 1. The topological polar surface area (TPSA) is 34.6 Å². The number of hydrogen-bond donors (Lipinski definition) is 0. The zero-order chi connectivity index (χ0) is 28.6. The summed E-state index contributed by atoms with van der Waals surface area (Å²) in [5.74, 6) is 2.62. The molecule has 0 atom stereocenters. The van der Waals surface area contributed by atoms with Crippen LogP contribution in [-0.4, -0.2) is 27.2 Å². The van der Waals surface area contributed by atoms with Gasteiger partial charge in [0, 0.05) is 54.9 Å². The van der Waals surface area contributed by atoms with E-state index in [1.165, 1.54) is 22.1 Å². The Labute approximate surface area is 260 Å². The number of aryl methyl sites for hydroxylation is 2. The summed E-state index contributed by atoms with van der Waals surface area (Å²) >= 11 is 0. The van der Waals surface area contributed by atoms with Crippen LogP contribution in [0.2, 0.25) is 10.1 Å². The average Bonchev–Trinajstić information content (AvgIpc) is 3.22. The molecule has 0 unspecified atom stereocenters. The number of benzene rings is 3. The molecule has 3 aromatic carbocycles. The molecular weight excluding hydrogens is 700 g/mol. The van der Waals surface area contributed by atoms with Gasteiger partial charge in [0.2, 0.25) is 6.71 Å². The van der Waals surface area contributed by atoms with Crippen LogP contribution in [-0.2, 0) is 20.1 Å². The molecule has 0 saturated heterocycles. The van der Waals surface area contributed by atoms with E-state index in [4.69, 9.17) is 14.1 Å². The van der Waals surface area contributed by atoms with Crippen LogP contribution in [0.1, 0.15) is 52.7 Å². The minimum Gasteiger partial charge on any atom is -0.528 e. The quantitative estimate of drug-likeness (QED) is 0.150. The van der Waals surface area contributed by atoms with Crippen LogP contribution in [0, 0.1) is 19.9 Å². The summed E-state index contributed by atoms with van der Waals surface area (Å²) in [5, 5.41) is -0.0538. The van der Waals surface area contributed by atoms with Crippen LogP contribution in [0.5, 0.6) is 17.2 Å². The van der Waals surface area contributed by atoms with Crippen LogP contribution in [0.15, 0.2) is 66.9 Å². The van der Waals surface area contributed by atoms with Crippen LogP contribution < -0.4 is 30.1 Å². The number of nitrogens with zero attached hydrogens (tertiary/aromatic N) is 2. The van der Waals surface area contributed by atoms with Crippen molar-refractivity contribution >= 4 is 37.3 Å². The molecule has 0 amide bonds. The third-order valence-corrected chi connectivity index (χ3v) is 14.5. The first-order valence-electron chi connectivity index (χ1n) is 14.2. The summed E-state index contributed by atoms with van der Waals surface area (Å²) in [6.07, 6.45) is 1.91. The number of para-hydroxylation sites is 1. The normalized spacial score (nSPS) is 15.2. The van der Waals surface area contributed by atoms with E-state index in [0.717, 1.165) is 39.7 Å². The number of rotatable bonds is 2. The smallest absolute Gasteiger partial charge is 0.370 e. The molecule has 4 nitrogen and oxygen atoms in total. The van der Waals surface area contributed by atoms with E-state index in [1.54, 1.807) is 0 Å². The van der Waals surface area contributed by atoms with Gasteiger partial charge in [-0.15, -0.1) is 29.2 Å². The molecule has 6 rings (SSSR count). The second kappa shape index (κ2) is 10.1. The fourth-order valence-electron chi connectivity index (χ4n) is 7.46. The fourth-order valence-corrected chi connectivity index (χ4v) is 13.5.